The molecular formula is C10H21N2Na3O7. The summed E-state index contributed by atoms with van der Waals surface area (Å²) in [6, 6.07) is 0. The van der Waals surface area contributed by atoms with Gasteiger partial charge < -0.3 is 24.7 Å². The van der Waals surface area contributed by atoms with Crippen LogP contribution in [-0.4, -0.2) is 94.0 Å². The van der Waals surface area contributed by atoms with Crippen molar-refractivity contribution < 1.29 is 128 Å². The monoisotopic (exact) mass is 350 g/mol. The first kappa shape index (κ1) is 31.1. The van der Waals surface area contributed by atoms with E-state index in [1.165, 1.54) is 9.80 Å². The number of hydrogen-bond donors (Lipinski definition) is 4. The summed E-state index contributed by atoms with van der Waals surface area (Å²) in [5.74, 6) is -3.39. The Bertz CT molecular complexity index is 331. The van der Waals surface area contributed by atoms with Crippen LogP contribution < -0.4 is 88.7 Å². The van der Waals surface area contributed by atoms with Crippen molar-refractivity contribution in [3.8, 4) is 0 Å². The number of carboxylic acids is 3. The van der Waals surface area contributed by atoms with Crippen LogP contribution in [0, 0.1) is 0 Å². The summed E-state index contributed by atoms with van der Waals surface area (Å²) < 4.78 is 0. The fourth-order valence-electron chi connectivity index (χ4n) is 1.48. The van der Waals surface area contributed by atoms with Crippen molar-refractivity contribution in [3.05, 3.63) is 0 Å². The molecule has 0 aliphatic carbocycles. The molecule has 0 rings (SSSR count). The summed E-state index contributed by atoms with van der Waals surface area (Å²) >= 11 is 0. The van der Waals surface area contributed by atoms with E-state index in [2.05, 4.69) is 0 Å². The van der Waals surface area contributed by atoms with E-state index >= 15 is 0 Å². The second-order valence-electron chi connectivity index (χ2n) is 3.89. The van der Waals surface area contributed by atoms with Crippen LogP contribution in [0.25, 0.3) is 0 Å². The Balaban J connectivity index is -0.000000108. The second-order valence-corrected chi connectivity index (χ2v) is 3.89. The predicted molar refractivity (Wildman–Crippen MR) is 66.2 cm³/mol. The van der Waals surface area contributed by atoms with Crippen LogP contribution in [-0.2, 0) is 14.4 Å². The average Bonchev–Trinajstić information content (AvgIpc) is 2.23. The Labute approximate surface area is 199 Å². The Morgan fingerprint density at radius 1 is 0.682 bits per heavy atom. The van der Waals surface area contributed by atoms with Crippen molar-refractivity contribution in [2.75, 3.05) is 45.9 Å². The van der Waals surface area contributed by atoms with Gasteiger partial charge in [0, 0.05) is 19.6 Å². The summed E-state index contributed by atoms with van der Waals surface area (Å²) in [5, 5.41) is 34.7. The number of aliphatic hydroxyl groups excluding tert-OH is 1. The summed E-state index contributed by atoms with van der Waals surface area (Å²) in [4.78, 5) is 34.3. The molecule has 22 heavy (non-hydrogen) atoms. The van der Waals surface area contributed by atoms with E-state index in [0.717, 1.165) is 0 Å². The van der Waals surface area contributed by atoms with Gasteiger partial charge in [-0.05, 0) is 0 Å². The van der Waals surface area contributed by atoms with Crippen LogP contribution in [0.5, 0.6) is 0 Å². The van der Waals surface area contributed by atoms with Gasteiger partial charge in [0.1, 0.15) is 0 Å². The van der Waals surface area contributed by atoms with E-state index in [0.29, 0.717) is 0 Å². The molecule has 9 nitrogen and oxygen atoms in total. The summed E-state index contributed by atoms with van der Waals surface area (Å²) in [5.41, 5.74) is 0. The van der Waals surface area contributed by atoms with E-state index in [4.69, 9.17) is 20.4 Å². The van der Waals surface area contributed by atoms with Gasteiger partial charge in [-0.25, -0.2) is 0 Å². The molecule has 0 bridgehead atoms. The normalized spacial score (nSPS) is 9.41. The van der Waals surface area contributed by atoms with Gasteiger partial charge in [0.2, 0.25) is 0 Å². The molecule has 0 fully saturated rings. The number of carbonyl (C=O) groups is 3. The zero-order valence-electron chi connectivity index (χ0n) is 16.4. The fraction of sp³-hybridized carbons (Fsp3) is 0.700. The smallest absolute Gasteiger partial charge is 1.00 e. The first-order valence-electron chi connectivity index (χ1n) is 5.56. The maximum atomic E-state index is 10.6. The van der Waals surface area contributed by atoms with Gasteiger partial charge in [-0.3, -0.25) is 24.2 Å². The van der Waals surface area contributed by atoms with E-state index in [-0.39, 0.29) is 126 Å². The maximum Gasteiger partial charge on any atom is 1.00 e. The molecule has 0 amide bonds. The fourth-order valence-corrected chi connectivity index (χ4v) is 1.48. The van der Waals surface area contributed by atoms with E-state index in [1.54, 1.807) is 0 Å². The standard InChI is InChI=1S/C10H18N2O7.3Na.3H/c13-4-3-11(5-8(14)15)1-2-12(6-9(16)17)7-10(18)19;;;;;;/h13H,1-7H2,(H,14,15)(H,16,17)(H,18,19);;;;;;/q;3*+1;3*-1. The molecule has 0 aromatic carbocycles. The maximum absolute atomic E-state index is 10.6. The van der Waals surface area contributed by atoms with Crippen LogP contribution in [0.15, 0.2) is 0 Å². The Kier molecular flexibility index (Phi) is 26.3. The molecule has 0 aliphatic heterocycles. The zero-order chi connectivity index (χ0) is 14.8. The van der Waals surface area contributed by atoms with Crippen LogP contribution >= 0.6 is 0 Å². The van der Waals surface area contributed by atoms with Gasteiger partial charge in [0.25, 0.3) is 0 Å². The predicted octanol–water partition coefficient (Wildman–Crippen LogP) is -10.8. The largest absolute Gasteiger partial charge is 1.00 e. The number of carboxylic acid groups (broad SMARTS) is 3. The van der Waals surface area contributed by atoms with Crippen molar-refractivity contribution in [2.45, 2.75) is 0 Å². The number of rotatable bonds is 11. The Hall–Kier alpha value is 1.29. The molecule has 0 aliphatic rings. The molecule has 0 saturated heterocycles. The van der Waals surface area contributed by atoms with Crippen molar-refractivity contribution in [1.82, 2.24) is 9.80 Å². The minimum atomic E-state index is -1.16. The van der Waals surface area contributed by atoms with Crippen LogP contribution in [0.3, 0.4) is 0 Å². The summed E-state index contributed by atoms with van der Waals surface area (Å²) in [7, 11) is 0. The molecule has 0 aromatic heterocycles. The zero-order valence-corrected chi connectivity index (χ0v) is 19.4. The Morgan fingerprint density at radius 2 is 1.00 bits per heavy atom. The van der Waals surface area contributed by atoms with Crippen LogP contribution in [0.2, 0.25) is 0 Å². The average molecular weight is 350 g/mol. The van der Waals surface area contributed by atoms with Gasteiger partial charge in [-0.15, -0.1) is 0 Å². The molecule has 0 unspecified atom stereocenters. The second kappa shape index (κ2) is 18.6. The van der Waals surface area contributed by atoms with Crippen molar-refractivity contribution in [3.63, 3.8) is 0 Å². The van der Waals surface area contributed by atoms with E-state index < -0.39 is 31.0 Å². The molecule has 0 heterocycles. The van der Waals surface area contributed by atoms with Gasteiger partial charge in [-0.1, -0.05) is 0 Å². The Morgan fingerprint density at radius 3 is 1.32 bits per heavy atom. The molecule has 0 radical (unpaired) electrons. The van der Waals surface area contributed by atoms with Crippen molar-refractivity contribution in [2.24, 2.45) is 0 Å². The summed E-state index contributed by atoms with van der Waals surface area (Å²) in [6.07, 6.45) is 0. The molecule has 116 valence electrons. The molecular weight excluding hydrogens is 329 g/mol. The molecule has 12 heteroatoms. The minimum absolute atomic E-state index is 0. The first-order chi connectivity index (χ1) is 8.85. The topological polar surface area (TPSA) is 139 Å². The van der Waals surface area contributed by atoms with Gasteiger partial charge >= 0.3 is 107 Å². The van der Waals surface area contributed by atoms with Gasteiger partial charge in [0.15, 0.2) is 0 Å². The summed E-state index contributed by atoms with van der Waals surface area (Å²) in [6.45, 7) is -1.03. The SMILES string of the molecule is O=C(O)CN(CCO)CCN(CC(=O)O)CC(=O)O.[H-].[H-].[H-].[Na+].[Na+].[Na+]. The van der Waals surface area contributed by atoms with E-state index in [9.17, 15) is 14.4 Å². The third-order valence-electron chi connectivity index (χ3n) is 2.23. The quantitative estimate of drug-likeness (QED) is 0.268. The number of aliphatic hydroxyl groups is 1. The number of aliphatic carboxylic acids is 3. The third-order valence-corrected chi connectivity index (χ3v) is 2.23. The molecule has 0 aromatic rings. The number of hydrogen-bond acceptors (Lipinski definition) is 6. The molecule has 0 atom stereocenters. The number of nitrogens with zero attached hydrogens (tertiary/aromatic N) is 2. The molecule has 0 saturated carbocycles. The van der Waals surface area contributed by atoms with Crippen molar-refractivity contribution >= 4 is 17.9 Å². The molecule has 0 spiro atoms. The van der Waals surface area contributed by atoms with Crippen LogP contribution in [0.1, 0.15) is 4.28 Å². The van der Waals surface area contributed by atoms with Gasteiger partial charge in [0.05, 0.1) is 26.2 Å². The van der Waals surface area contributed by atoms with Crippen molar-refractivity contribution in [1.29, 1.82) is 0 Å². The van der Waals surface area contributed by atoms with Crippen LogP contribution in [0.4, 0.5) is 0 Å². The van der Waals surface area contributed by atoms with Gasteiger partial charge in [-0.2, -0.15) is 0 Å². The molecule has 4 N–H and O–H groups in total. The first-order valence-corrected chi connectivity index (χ1v) is 5.56. The third kappa shape index (κ3) is 19.3. The van der Waals surface area contributed by atoms with E-state index in [1.807, 2.05) is 0 Å². The minimum Gasteiger partial charge on any atom is -1.00 e.